The summed E-state index contributed by atoms with van der Waals surface area (Å²) in [6, 6.07) is 18.7. The summed E-state index contributed by atoms with van der Waals surface area (Å²) in [4.78, 5) is 6.93. The minimum Gasteiger partial charge on any atom is -0.378 e. The summed E-state index contributed by atoms with van der Waals surface area (Å²) in [6.45, 7) is 4.32. The molecule has 0 radical (unpaired) electrons. The SMILES string of the molecule is Cc1sc(-c2ccc(N(C)C)cc2)cc1C1=C(c2cc(-c3ccc(C(F)(F)F)cc3)sc2C)CCC1. The van der Waals surface area contributed by atoms with E-state index in [1.54, 1.807) is 23.5 Å². The van der Waals surface area contributed by atoms with Crippen LogP contribution < -0.4 is 4.90 Å². The minimum atomic E-state index is -4.32. The second-order valence-electron chi connectivity index (χ2n) is 9.49. The molecular weight excluding hydrogens is 495 g/mol. The fraction of sp³-hybridized carbons (Fsp3) is 0.267. The fourth-order valence-corrected chi connectivity index (χ4v) is 7.04. The first kappa shape index (κ1) is 24.8. The van der Waals surface area contributed by atoms with Gasteiger partial charge >= 0.3 is 6.18 Å². The van der Waals surface area contributed by atoms with Crippen LogP contribution in [0, 0.1) is 13.8 Å². The maximum Gasteiger partial charge on any atom is 0.416 e. The molecule has 0 atom stereocenters. The number of nitrogens with zero attached hydrogens (tertiary/aromatic N) is 1. The van der Waals surface area contributed by atoms with Gasteiger partial charge in [0.1, 0.15) is 0 Å². The van der Waals surface area contributed by atoms with Crippen molar-refractivity contribution in [1.82, 2.24) is 0 Å². The molecule has 0 bridgehead atoms. The molecule has 2 aromatic carbocycles. The van der Waals surface area contributed by atoms with Crippen LogP contribution in [0.25, 0.3) is 32.0 Å². The molecule has 0 N–H and O–H groups in total. The first-order chi connectivity index (χ1) is 17.1. The molecular formula is C30H28F3NS2. The summed E-state index contributed by atoms with van der Waals surface area (Å²) in [5, 5.41) is 0. The van der Waals surface area contributed by atoms with Crippen LogP contribution in [0.15, 0.2) is 60.7 Å². The number of allylic oxidation sites excluding steroid dienone is 2. The molecule has 0 amide bonds. The smallest absolute Gasteiger partial charge is 0.378 e. The number of rotatable bonds is 5. The van der Waals surface area contributed by atoms with Crippen LogP contribution in [0.5, 0.6) is 0 Å². The van der Waals surface area contributed by atoms with E-state index in [4.69, 9.17) is 0 Å². The van der Waals surface area contributed by atoms with E-state index in [2.05, 4.69) is 55.1 Å². The molecule has 1 aliphatic carbocycles. The number of anilines is 1. The summed E-state index contributed by atoms with van der Waals surface area (Å²) in [6.07, 6.45) is -1.11. The van der Waals surface area contributed by atoms with E-state index >= 15 is 0 Å². The van der Waals surface area contributed by atoms with Gasteiger partial charge in [0.2, 0.25) is 0 Å². The molecule has 0 spiro atoms. The Morgan fingerprint density at radius 3 is 1.56 bits per heavy atom. The van der Waals surface area contributed by atoms with Crippen LogP contribution in [-0.4, -0.2) is 14.1 Å². The van der Waals surface area contributed by atoms with Crippen molar-refractivity contribution >= 4 is 39.5 Å². The monoisotopic (exact) mass is 523 g/mol. The molecule has 2 heterocycles. The van der Waals surface area contributed by atoms with E-state index in [9.17, 15) is 13.2 Å². The minimum absolute atomic E-state index is 0.611. The van der Waals surface area contributed by atoms with Gasteiger partial charge in [0.05, 0.1) is 5.56 Å². The van der Waals surface area contributed by atoms with Gasteiger partial charge in [-0.3, -0.25) is 0 Å². The van der Waals surface area contributed by atoms with Crippen LogP contribution in [0.3, 0.4) is 0 Å². The molecule has 2 aromatic heterocycles. The Hall–Kier alpha value is -2.83. The molecule has 0 saturated carbocycles. The first-order valence-corrected chi connectivity index (χ1v) is 13.6. The number of alkyl halides is 3. The van der Waals surface area contributed by atoms with Gasteiger partial charge in [0.25, 0.3) is 0 Å². The summed E-state index contributed by atoms with van der Waals surface area (Å²) in [7, 11) is 4.10. The van der Waals surface area contributed by atoms with Crippen molar-refractivity contribution in [2.24, 2.45) is 0 Å². The lowest BCUT2D eigenvalue weighted by atomic mass is 9.96. The number of thiophene rings is 2. The number of hydrogen-bond acceptors (Lipinski definition) is 3. The summed E-state index contributed by atoms with van der Waals surface area (Å²) >= 11 is 3.50. The van der Waals surface area contributed by atoms with Gasteiger partial charge in [0.15, 0.2) is 0 Å². The van der Waals surface area contributed by atoms with Crippen molar-refractivity contribution in [3.05, 3.63) is 87.1 Å². The van der Waals surface area contributed by atoms with E-state index < -0.39 is 11.7 Å². The second kappa shape index (κ2) is 9.56. The van der Waals surface area contributed by atoms with Gasteiger partial charge in [-0.2, -0.15) is 13.2 Å². The molecule has 36 heavy (non-hydrogen) atoms. The van der Waals surface area contributed by atoms with E-state index in [0.717, 1.165) is 29.7 Å². The molecule has 0 saturated heterocycles. The largest absolute Gasteiger partial charge is 0.416 e. The predicted molar refractivity (Wildman–Crippen MR) is 149 cm³/mol. The molecule has 186 valence electrons. The quantitative estimate of drug-likeness (QED) is 0.252. The molecule has 1 nitrogen and oxygen atoms in total. The maximum absolute atomic E-state index is 13.0. The Kier molecular flexibility index (Phi) is 6.60. The Morgan fingerprint density at radius 1 is 0.694 bits per heavy atom. The van der Waals surface area contributed by atoms with Gasteiger partial charge < -0.3 is 4.90 Å². The zero-order valence-electron chi connectivity index (χ0n) is 20.8. The van der Waals surface area contributed by atoms with Gasteiger partial charge in [0, 0.05) is 39.3 Å². The van der Waals surface area contributed by atoms with E-state index in [-0.39, 0.29) is 0 Å². The number of hydrogen-bond donors (Lipinski definition) is 0. The number of halogens is 3. The van der Waals surface area contributed by atoms with Crippen molar-refractivity contribution in [3.8, 4) is 20.9 Å². The lowest BCUT2D eigenvalue weighted by Gasteiger charge is -2.12. The van der Waals surface area contributed by atoms with Crippen LogP contribution in [0.1, 0.15) is 45.7 Å². The Balaban J connectivity index is 1.49. The van der Waals surface area contributed by atoms with Crippen LogP contribution in [-0.2, 0) is 6.18 Å². The molecule has 5 rings (SSSR count). The van der Waals surface area contributed by atoms with Crippen molar-refractivity contribution in [3.63, 3.8) is 0 Å². The molecule has 0 fully saturated rings. The third-order valence-electron chi connectivity index (χ3n) is 6.87. The number of benzene rings is 2. The second-order valence-corrected chi connectivity index (χ2v) is 12.0. The van der Waals surface area contributed by atoms with Gasteiger partial charge in [-0.25, -0.2) is 0 Å². The van der Waals surface area contributed by atoms with Crippen LogP contribution in [0.2, 0.25) is 0 Å². The molecule has 0 aliphatic heterocycles. The Labute approximate surface area is 218 Å². The van der Waals surface area contributed by atoms with Gasteiger partial charge in [-0.1, -0.05) is 24.3 Å². The highest BCUT2D eigenvalue weighted by atomic mass is 32.1. The average molecular weight is 524 g/mol. The summed E-state index contributed by atoms with van der Waals surface area (Å²) in [5.74, 6) is 0. The third-order valence-corrected chi connectivity index (χ3v) is 9.07. The average Bonchev–Trinajstić information content (AvgIpc) is 3.56. The molecule has 0 unspecified atom stereocenters. The van der Waals surface area contributed by atoms with Crippen molar-refractivity contribution in [2.75, 3.05) is 19.0 Å². The first-order valence-electron chi connectivity index (χ1n) is 12.0. The lowest BCUT2D eigenvalue weighted by molar-refractivity contribution is -0.137. The zero-order chi connectivity index (χ0) is 25.6. The van der Waals surface area contributed by atoms with Crippen LogP contribution >= 0.6 is 22.7 Å². The van der Waals surface area contributed by atoms with Crippen LogP contribution in [0.4, 0.5) is 18.9 Å². The third kappa shape index (κ3) is 4.76. The molecule has 1 aliphatic rings. The zero-order valence-corrected chi connectivity index (χ0v) is 22.4. The summed E-state index contributed by atoms with van der Waals surface area (Å²) in [5.41, 5.74) is 8.02. The van der Waals surface area contributed by atoms with Crippen molar-refractivity contribution in [2.45, 2.75) is 39.3 Å². The highest BCUT2D eigenvalue weighted by molar-refractivity contribution is 7.16. The summed E-state index contributed by atoms with van der Waals surface area (Å²) < 4.78 is 39.0. The highest BCUT2D eigenvalue weighted by Gasteiger charge is 2.30. The van der Waals surface area contributed by atoms with Crippen molar-refractivity contribution in [1.29, 1.82) is 0 Å². The normalized spacial score (nSPS) is 14.1. The lowest BCUT2D eigenvalue weighted by Crippen LogP contribution is -2.07. The maximum atomic E-state index is 13.0. The Bertz CT molecular complexity index is 1420. The van der Waals surface area contributed by atoms with Crippen molar-refractivity contribution < 1.29 is 13.2 Å². The standard InChI is InChI=1S/C30H28F3NS2/c1-18-26(16-28(35-18)20-8-12-22(13-9-20)30(31,32)33)24-6-5-7-25(24)27-17-29(36-19(27)2)21-10-14-23(15-11-21)34(3)4/h8-17H,5-7H2,1-4H3. The van der Waals surface area contributed by atoms with Gasteiger partial charge in [-0.05, 0) is 103 Å². The highest BCUT2D eigenvalue weighted by Crippen LogP contribution is 2.47. The molecule has 6 heteroatoms. The predicted octanol–water partition coefficient (Wildman–Crippen LogP) is 9.94. The van der Waals surface area contributed by atoms with E-state index in [0.29, 0.717) is 0 Å². The topological polar surface area (TPSA) is 3.24 Å². The molecule has 4 aromatic rings. The fourth-order valence-electron chi connectivity index (χ4n) is 4.93. The van der Waals surface area contributed by atoms with Gasteiger partial charge in [-0.15, -0.1) is 22.7 Å². The Morgan fingerprint density at radius 2 is 1.14 bits per heavy atom. The number of aryl methyl sites for hydroxylation is 2. The van der Waals surface area contributed by atoms with E-state index in [1.165, 1.54) is 60.3 Å². The van der Waals surface area contributed by atoms with E-state index in [1.807, 2.05) is 25.4 Å².